The molecule has 1 aromatic rings. The Bertz CT molecular complexity index is 679. The molecule has 1 heterocycles. The molecule has 8 heteroatoms. The first-order chi connectivity index (χ1) is 11.4. The molecule has 0 aliphatic carbocycles. The van der Waals surface area contributed by atoms with Crippen LogP contribution in [-0.4, -0.2) is 58.0 Å². The van der Waals surface area contributed by atoms with Crippen LogP contribution in [0.4, 0.5) is 0 Å². The fraction of sp³-hybridized carbons (Fsp3) is 0.588. The number of nitrogens with one attached hydrogen (secondary N) is 1. The lowest BCUT2D eigenvalue weighted by Gasteiger charge is -2.23. The van der Waals surface area contributed by atoms with E-state index >= 15 is 0 Å². The van der Waals surface area contributed by atoms with Crippen molar-refractivity contribution in [1.82, 2.24) is 10.2 Å². The molecule has 0 bridgehead atoms. The summed E-state index contributed by atoms with van der Waals surface area (Å²) in [6.45, 7) is 3.99. The van der Waals surface area contributed by atoms with Gasteiger partial charge in [0.2, 0.25) is 0 Å². The van der Waals surface area contributed by atoms with Gasteiger partial charge in [0.25, 0.3) is 0 Å². The maximum Gasteiger partial charge on any atom is 0.193 e. The predicted molar refractivity (Wildman–Crippen MR) is 113 cm³/mol. The van der Waals surface area contributed by atoms with E-state index in [1.54, 1.807) is 7.11 Å². The Morgan fingerprint density at radius 1 is 1.40 bits per heavy atom. The molecule has 1 aliphatic heterocycles. The minimum atomic E-state index is -2.85. The van der Waals surface area contributed by atoms with Crippen LogP contribution < -0.4 is 10.1 Å². The van der Waals surface area contributed by atoms with Gasteiger partial charge in [-0.05, 0) is 25.3 Å². The predicted octanol–water partition coefficient (Wildman–Crippen LogP) is 2.15. The molecule has 0 amide bonds. The Kier molecular flexibility index (Phi) is 8.98. The lowest BCUT2D eigenvalue weighted by atomic mass is 10.1. The summed E-state index contributed by atoms with van der Waals surface area (Å²) in [4.78, 5) is 6.67. The van der Waals surface area contributed by atoms with Gasteiger partial charge < -0.3 is 15.0 Å². The average Bonchev–Trinajstić information content (AvgIpc) is 2.91. The summed E-state index contributed by atoms with van der Waals surface area (Å²) in [5.41, 5.74) is 1.08. The topological polar surface area (TPSA) is 71.0 Å². The van der Waals surface area contributed by atoms with Gasteiger partial charge in [-0.1, -0.05) is 18.2 Å². The zero-order valence-corrected chi connectivity index (χ0v) is 18.2. The van der Waals surface area contributed by atoms with Crippen LogP contribution in [0.1, 0.15) is 18.9 Å². The zero-order valence-electron chi connectivity index (χ0n) is 15.1. The summed E-state index contributed by atoms with van der Waals surface area (Å²) in [5, 5.41) is 3.27. The van der Waals surface area contributed by atoms with Gasteiger partial charge in [0.1, 0.15) is 5.75 Å². The highest BCUT2D eigenvalue weighted by Gasteiger charge is 2.27. The molecule has 0 radical (unpaired) electrons. The number of halogens is 1. The third kappa shape index (κ3) is 6.65. The van der Waals surface area contributed by atoms with Gasteiger partial charge >= 0.3 is 0 Å². The van der Waals surface area contributed by atoms with Crippen LogP contribution in [0.15, 0.2) is 29.3 Å². The number of aliphatic imine (C=N–C) groups is 1. The number of para-hydroxylation sites is 1. The molecule has 25 heavy (non-hydrogen) atoms. The standard InChI is InChI=1S/C17H27N3O3S.HI/c1-4-18-17(19-11-14-9-10-24(21,22)13-14)20(2)12-15-7-5-6-8-16(15)23-3;/h5-8,14H,4,9-13H2,1-3H3,(H,18,19);1H. The van der Waals surface area contributed by atoms with Crippen LogP contribution in [0.2, 0.25) is 0 Å². The minimum absolute atomic E-state index is 0. The molecule has 1 atom stereocenters. The Morgan fingerprint density at radius 3 is 2.72 bits per heavy atom. The molecule has 1 fully saturated rings. The third-order valence-electron chi connectivity index (χ3n) is 4.12. The summed E-state index contributed by atoms with van der Waals surface area (Å²) < 4.78 is 28.5. The highest BCUT2D eigenvalue weighted by Crippen LogP contribution is 2.20. The number of sulfone groups is 1. The number of ether oxygens (including phenoxy) is 1. The highest BCUT2D eigenvalue weighted by molar-refractivity contribution is 14.0. The lowest BCUT2D eigenvalue weighted by molar-refractivity contribution is 0.395. The van der Waals surface area contributed by atoms with E-state index in [1.807, 2.05) is 43.1 Å². The molecule has 6 nitrogen and oxygen atoms in total. The number of hydrogen-bond donors (Lipinski definition) is 1. The maximum atomic E-state index is 11.6. The van der Waals surface area contributed by atoms with Crippen molar-refractivity contribution in [3.05, 3.63) is 29.8 Å². The number of hydrogen-bond acceptors (Lipinski definition) is 4. The fourth-order valence-corrected chi connectivity index (χ4v) is 4.71. The van der Waals surface area contributed by atoms with Crippen LogP contribution in [0.5, 0.6) is 5.75 Å². The monoisotopic (exact) mass is 481 g/mol. The van der Waals surface area contributed by atoms with Crippen molar-refractivity contribution in [3.8, 4) is 5.75 Å². The van der Waals surface area contributed by atoms with Crippen molar-refractivity contribution in [3.63, 3.8) is 0 Å². The second-order valence-electron chi connectivity index (χ2n) is 6.13. The fourth-order valence-electron chi connectivity index (χ4n) is 2.87. The quantitative estimate of drug-likeness (QED) is 0.383. The van der Waals surface area contributed by atoms with Crippen molar-refractivity contribution < 1.29 is 13.2 Å². The molecule has 1 unspecified atom stereocenters. The van der Waals surface area contributed by atoms with Crippen LogP contribution in [0.3, 0.4) is 0 Å². The van der Waals surface area contributed by atoms with Crippen LogP contribution in [0.25, 0.3) is 0 Å². The molecule has 1 aliphatic rings. The second-order valence-corrected chi connectivity index (χ2v) is 8.36. The Labute approximate surface area is 168 Å². The zero-order chi connectivity index (χ0) is 17.6. The number of rotatable bonds is 6. The summed E-state index contributed by atoms with van der Waals surface area (Å²) in [7, 11) is 0.784. The van der Waals surface area contributed by atoms with Gasteiger partial charge in [-0.3, -0.25) is 4.99 Å². The number of nitrogens with zero attached hydrogens (tertiary/aromatic N) is 2. The molecule has 0 spiro atoms. The molecular formula is C17H28IN3O3S. The largest absolute Gasteiger partial charge is 0.496 e. The normalized spacial score (nSPS) is 19.2. The van der Waals surface area contributed by atoms with E-state index in [0.29, 0.717) is 25.3 Å². The summed E-state index contributed by atoms with van der Waals surface area (Å²) >= 11 is 0. The number of guanidine groups is 1. The maximum absolute atomic E-state index is 11.6. The van der Waals surface area contributed by atoms with Crippen molar-refractivity contribution in [2.45, 2.75) is 19.9 Å². The van der Waals surface area contributed by atoms with E-state index in [-0.39, 0.29) is 35.6 Å². The van der Waals surface area contributed by atoms with Gasteiger partial charge in [0, 0.05) is 32.2 Å². The number of methoxy groups -OCH3 is 1. The van der Waals surface area contributed by atoms with E-state index in [2.05, 4.69) is 10.3 Å². The molecule has 1 N–H and O–H groups in total. The second kappa shape index (κ2) is 10.2. The van der Waals surface area contributed by atoms with E-state index in [9.17, 15) is 8.42 Å². The lowest BCUT2D eigenvalue weighted by Crippen LogP contribution is -2.39. The smallest absolute Gasteiger partial charge is 0.193 e. The van der Waals surface area contributed by atoms with Crippen LogP contribution >= 0.6 is 24.0 Å². The van der Waals surface area contributed by atoms with Crippen molar-refractivity contribution in [2.75, 3.05) is 38.8 Å². The van der Waals surface area contributed by atoms with E-state index in [1.165, 1.54) is 0 Å². The van der Waals surface area contributed by atoms with E-state index in [4.69, 9.17) is 4.74 Å². The first-order valence-electron chi connectivity index (χ1n) is 8.27. The molecule has 0 aromatic heterocycles. The Balaban J connectivity index is 0.00000312. The molecule has 1 aromatic carbocycles. The summed E-state index contributed by atoms with van der Waals surface area (Å²) in [5.74, 6) is 2.31. The minimum Gasteiger partial charge on any atom is -0.496 e. The van der Waals surface area contributed by atoms with Gasteiger partial charge in [-0.2, -0.15) is 0 Å². The summed E-state index contributed by atoms with van der Waals surface area (Å²) in [6, 6.07) is 7.90. The molecular weight excluding hydrogens is 453 g/mol. The van der Waals surface area contributed by atoms with Crippen molar-refractivity contribution >= 4 is 39.8 Å². The van der Waals surface area contributed by atoms with Gasteiger partial charge in [0.15, 0.2) is 15.8 Å². The molecule has 0 saturated carbocycles. The Morgan fingerprint density at radius 2 is 2.12 bits per heavy atom. The molecule has 1 saturated heterocycles. The highest BCUT2D eigenvalue weighted by atomic mass is 127. The van der Waals surface area contributed by atoms with Gasteiger partial charge in [0.05, 0.1) is 18.6 Å². The van der Waals surface area contributed by atoms with Crippen LogP contribution in [0, 0.1) is 5.92 Å². The third-order valence-corrected chi connectivity index (χ3v) is 5.96. The van der Waals surface area contributed by atoms with Crippen molar-refractivity contribution in [1.29, 1.82) is 0 Å². The summed E-state index contributed by atoms with van der Waals surface area (Å²) in [6.07, 6.45) is 0.710. The van der Waals surface area contributed by atoms with E-state index < -0.39 is 9.84 Å². The SMILES string of the molecule is CCNC(=NCC1CCS(=O)(=O)C1)N(C)Cc1ccccc1OC.I. The Hall–Kier alpha value is -1.03. The molecule has 142 valence electrons. The number of benzene rings is 1. The van der Waals surface area contributed by atoms with Gasteiger partial charge in [-0.25, -0.2) is 8.42 Å². The van der Waals surface area contributed by atoms with Crippen molar-refractivity contribution in [2.24, 2.45) is 10.9 Å². The average molecular weight is 481 g/mol. The van der Waals surface area contributed by atoms with E-state index in [0.717, 1.165) is 23.8 Å². The first-order valence-corrected chi connectivity index (χ1v) is 10.1. The molecule has 2 rings (SSSR count). The van der Waals surface area contributed by atoms with Crippen LogP contribution in [-0.2, 0) is 16.4 Å². The van der Waals surface area contributed by atoms with Gasteiger partial charge in [-0.15, -0.1) is 24.0 Å². The first kappa shape index (κ1) is 22.0.